The Morgan fingerprint density at radius 1 is 0.950 bits per heavy atom. The van der Waals surface area contributed by atoms with Gasteiger partial charge in [0.1, 0.15) is 12.8 Å². The van der Waals surface area contributed by atoms with Crippen LogP contribution in [0.2, 0.25) is 0 Å². The highest BCUT2D eigenvalue weighted by molar-refractivity contribution is 6.04. The highest BCUT2D eigenvalue weighted by Crippen LogP contribution is 2.59. The number of anilines is 2. The summed E-state index contributed by atoms with van der Waals surface area (Å²) >= 11 is 0. The summed E-state index contributed by atoms with van der Waals surface area (Å²) in [5, 5.41) is 11.5. The Balaban J connectivity index is 1.05. The van der Waals surface area contributed by atoms with Gasteiger partial charge in [-0.2, -0.15) is 0 Å². The van der Waals surface area contributed by atoms with Crippen molar-refractivity contribution in [3.05, 3.63) is 78.6 Å². The molecule has 4 atom stereocenters. The fourth-order valence-electron chi connectivity index (χ4n) is 7.35. The van der Waals surface area contributed by atoms with E-state index in [1.165, 1.54) is 5.71 Å². The fourth-order valence-corrected chi connectivity index (χ4v) is 7.35. The predicted molar refractivity (Wildman–Crippen MR) is 155 cm³/mol. The molecular weight excluding hydrogens is 502 g/mol. The average molecular weight is 534 g/mol. The van der Waals surface area contributed by atoms with Crippen molar-refractivity contribution in [3.63, 3.8) is 0 Å². The Morgan fingerprint density at radius 2 is 1.73 bits per heavy atom. The number of carbonyl (C=O) groups excluding carboxylic acids is 2. The smallest absolute Gasteiger partial charge is 0.274 e. The number of hydrogen-bond donors (Lipinski definition) is 3. The van der Waals surface area contributed by atoms with Gasteiger partial charge in [-0.25, -0.2) is 0 Å². The zero-order valence-corrected chi connectivity index (χ0v) is 22.3. The highest BCUT2D eigenvalue weighted by Gasteiger charge is 2.57. The van der Waals surface area contributed by atoms with Crippen LogP contribution < -0.4 is 10.6 Å². The van der Waals surface area contributed by atoms with E-state index in [1.807, 2.05) is 42.5 Å². The Hall–Kier alpha value is -4.46. The molecule has 0 radical (unpaired) electrons. The quantitative estimate of drug-likeness (QED) is 0.255. The lowest BCUT2D eigenvalue weighted by Crippen LogP contribution is -2.55. The van der Waals surface area contributed by atoms with Gasteiger partial charge in [0.2, 0.25) is 5.91 Å². The second kappa shape index (κ2) is 9.62. The maximum absolute atomic E-state index is 13.6. The van der Waals surface area contributed by atoms with Crippen LogP contribution in [0.25, 0.3) is 22.2 Å². The molecule has 2 amide bonds. The second-order valence-corrected chi connectivity index (χ2v) is 11.5. The number of rotatable bonds is 6. The summed E-state index contributed by atoms with van der Waals surface area (Å²) in [6.07, 6.45) is 6.57. The molecule has 4 aliphatic carbocycles. The van der Waals surface area contributed by atoms with E-state index in [9.17, 15) is 9.59 Å². The van der Waals surface area contributed by atoms with Crippen LogP contribution in [-0.4, -0.2) is 34.6 Å². The topological polar surface area (TPSA) is 108 Å². The van der Waals surface area contributed by atoms with Crippen LogP contribution in [-0.2, 0) is 9.63 Å². The molecule has 4 fully saturated rings. The minimum absolute atomic E-state index is 0.141. The first-order valence-corrected chi connectivity index (χ1v) is 13.9. The van der Waals surface area contributed by atoms with Crippen LogP contribution in [0.5, 0.6) is 0 Å². The van der Waals surface area contributed by atoms with Gasteiger partial charge in [-0.05, 0) is 92.1 Å². The Kier molecular flexibility index (Phi) is 5.91. The van der Waals surface area contributed by atoms with Crippen LogP contribution in [0.15, 0.2) is 78.1 Å². The molecule has 202 valence electrons. The molecule has 0 spiro atoms. The number of amides is 2. The van der Waals surface area contributed by atoms with Crippen LogP contribution in [0.1, 0.15) is 42.6 Å². The molecule has 0 saturated heterocycles. The first-order chi connectivity index (χ1) is 19.5. The largest absolute Gasteiger partial charge is 0.399 e. The molecule has 2 aromatic carbocycles. The maximum atomic E-state index is 13.6. The van der Waals surface area contributed by atoms with E-state index in [4.69, 9.17) is 4.84 Å². The number of aromatic amines is 1. The molecule has 0 aliphatic heterocycles. The minimum Gasteiger partial charge on any atom is -0.399 e. The number of oxime groups is 1. The normalized spacial score (nSPS) is 25.7. The second-order valence-electron chi connectivity index (χ2n) is 11.5. The molecule has 2 heterocycles. The Morgan fingerprint density at radius 3 is 2.45 bits per heavy atom. The predicted octanol–water partition coefficient (Wildman–Crippen LogP) is 6.25. The molecule has 4 bridgehead atoms. The molecule has 8 heteroatoms. The summed E-state index contributed by atoms with van der Waals surface area (Å²) in [6.45, 7) is 0. The SMILES string of the molecule is CO/N=C1\[C@@H]2C[C@@H]3C[C@H]1CC(C(=O)Nc1ccc(-c4cc5cc(NC(=O)c6ccccn6)ccc5[nH]4)cc1)(C3)C2. The van der Waals surface area contributed by atoms with Crippen LogP contribution in [0.4, 0.5) is 11.4 Å². The summed E-state index contributed by atoms with van der Waals surface area (Å²) in [6, 6.07) is 21.1. The number of nitrogens with zero attached hydrogens (tertiary/aromatic N) is 2. The molecule has 8 rings (SSSR count). The van der Waals surface area contributed by atoms with Crippen LogP contribution in [0.3, 0.4) is 0 Å². The summed E-state index contributed by atoms with van der Waals surface area (Å²) in [5.74, 6) is 1.23. The van der Waals surface area contributed by atoms with Crippen molar-refractivity contribution >= 4 is 39.8 Å². The Labute approximate surface area is 232 Å². The standard InChI is InChI=1S/C32H31N5O3/c1-40-37-29-22-12-19-13-23(29)18-32(16-19,17-22)31(39)35-24-7-5-20(6-8-24)28-15-21-14-25(9-10-26(21)36-28)34-30(38)27-4-2-3-11-33-27/h2-11,14-15,19,22-23,36H,12-13,16-18H2,1H3,(H,34,38)(H,35,39)/b37-29-/t19-,22-,23+,32?/m0/s1. The van der Waals surface area contributed by atoms with Gasteiger partial charge in [-0.3, -0.25) is 14.6 Å². The van der Waals surface area contributed by atoms with Gasteiger partial charge in [0.25, 0.3) is 5.91 Å². The lowest BCUT2D eigenvalue weighted by Gasteiger charge is -2.55. The van der Waals surface area contributed by atoms with Gasteiger partial charge in [0, 0.05) is 46.0 Å². The average Bonchev–Trinajstić information content (AvgIpc) is 3.39. The summed E-state index contributed by atoms with van der Waals surface area (Å²) in [4.78, 5) is 38.8. The highest BCUT2D eigenvalue weighted by atomic mass is 16.6. The fraction of sp³-hybridized carbons (Fsp3) is 0.312. The molecule has 3 N–H and O–H groups in total. The van der Waals surface area contributed by atoms with Crippen molar-refractivity contribution in [2.45, 2.75) is 32.1 Å². The van der Waals surface area contributed by atoms with Crippen molar-refractivity contribution in [2.24, 2.45) is 28.3 Å². The number of nitrogens with one attached hydrogen (secondary N) is 3. The number of fused-ring (bicyclic) bond motifs is 1. The Bertz CT molecular complexity index is 1610. The first-order valence-electron chi connectivity index (χ1n) is 13.9. The lowest BCUT2D eigenvalue weighted by molar-refractivity contribution is -0.134. The number of pyridine rings is 1. The van der Waals surface area contributed by atoms with E-state index in [2.05, 4.69) is 31.8 Å². The third kappa shape index (κ3) is 4.33. The number of hydrogen-bond acceptors (Lipinski definition) is 5. The number of aromatic nitrogens is 2. The van der Waals surface area contributed by atoms with E-state index in [0.717, 1.165) is 60.0 Å². The number of H-pyrrole nitrogens is 1. The van der Waals surface area contributed by atoms with Crippen LogP contribution in [0, 0.1) is 23.2 Å². The summed E-state index contributed by atoms with van der Waals surface area (Å²) in [5.41, 5.74) is 5.72. The van der Waals surface area contributed by atoms with Gasteiger partial charge in [0.05, 0.1) is 11.1 Å². The van der Waals surface area contributed by atoms with Gasteiger partial charge in [-0.15, -0.1) is 0 Å². The molecule has 40 heavy (non-hydrogen) atoms. The number of benzene rings is 2. The molecule has 4 saturated carbocycles. The van der Waals surface area contributed by atoms with E-state index in [-0.39, 0.29) is 17.2 Å². The van der Waals surface area contributed by atoms with Gasteiger partial charge >= 0.3 is 0 Å². The minimum atomic E-state index is -0.303. The van der Waals surface area contributed by atoms with E-state index in [0.29, 0.717) is 29.1 Å². The molecule has 2 aromatic heterocycles. The number of carbonyl (C=O) groups is 2. The zero-order chi connectivity index (χ0) is 27.3. The molecule has 1 unspecified atom stereocenters. The first kappa shape index (κ1) is 24.6. The summed E-state index contributed by atoms with van der Waals surface area (Å²) < 4.78 is 0. The van der Waals surface area contributed by atoms with Crippen molar-refractivity contribution in [1.29, 1.82) is 0 Å². The van der Waals surface area contributed by atoms with E-state index < -0.39 is 0 Å². The van der Waals surface area contributed by atoms with Crippen molar-refractivity contribution in [3.8, 4) is 11.3 Å². The zero-order valence-electron chi connectivity index (χ0n) is 22.3. The summed E-state index contributed by atoms with van der Waals surface area (Å²) in [7, 11) is 1.61. The van der Waals surface area contributed by atoms with Crippen molar-refractivity contribution < 1.29 is 14.4 Å². The lowest BCUT2D eigenvalue weighted by atomic mass is 9.48. The van der Waals surface area contributed by atoms with E-state index >= 15 is 0 Å². The molecular formula is C32H31N5O3. The van der Waals surface area contributed by atoms with Gasteiger partial charge in [0.15, 0.2) is 0 Å². The van der Waals surface area contributed by atoms with Gasteiger partial charge in [-0.1, -0.05) is 23.4 Å². The van der Waals surface area contributed by atoms with Crippen LogP contribution >= 0.6 is 0 Å². The van der Waals surface area contributed by atoms with E-state index in [1.54, 1.807) is 31.5 Å². The third-order valence-corrected chi connectivity index (χ3v) is 8.93. The third-order valence-electron chi connectivity index (χ3n) is 8.93. The van der Waals surface area contributed by atoms with Gasteiger partial charge < -0.3 is 20.5 Å². The molecule has 4 aromatic rings. The molecule has 8 nitrogen and oxygen atoms in total. The van der Waals surface area contributed by atoms with Crippen molar-refractivity contribution in [2.75, 3.05) is 17.7 Å². The maximum Gasteiger partial charge on any atom is 0.274 e. The van der Waals surface area contributed by atoms with Crippen molar-refractivity contribution in [1.82, 2.24) is 9.97 Å². The molecule has 4 aliphatic rings. The monoisotopic (exact) mass is 533 g/mol.